The summed E-state index contributed by atoms with van der Waals surface area (Å²) in [5.41, 5.74) is 1.66. The van der Waals surface area contributed by atoms with Gasteiger partial charge in [0.2, 0.25) is 0 Å². The Morgan fingerprint density at radius 2 is 1.92 bits per heavy atom. The maximum absolute atomic E-state index is 12.2. The van der Waals surface area contributed by atoms with Gasteiger partial charge in [0.25, 0.3) is 0 Å². The highest BCUT2D eigenvalue weighted by atomic mass is 16.3. The van der Waals surface area contributed by atoms with Crippen LogP contribution in [0.2, 0.25) is 0 Å². The number of hydrogen-bond acceptors (Lipinski definition) is 3. The Balaban J connectivity index is 1.62. The van der Waals surface area contributed by atoms with E-state index in [9.17, 15) is 14.7 Å². The van der Waals surface area contributed by atoms with Crippen molar-refractivity contribution in [1.82, 2.24) is 9.88 Å². The van der Waals surface area contributed by atoms with Crippen LogP contribution in [0.15, 0.2) is 30.5 Å². The summed E-state index contributed by atoms with van der Waals surface area (Å²) >= 11 is 0. The molecule has 1 fully saturated rings. The van der Waals surface area contributed by atoms with Gasteiger partial charge < -0.3 is 20.3 Å². The molecule has 6 nitrogen and oxygen atoms in total. The molecule has 25 heavy (non-hydrogen) atoms. The van der Waals surface area contributed by atoms with Gasteiger partial charge in [0.15, 0.2) is 0 Å². The minimum absolute atomic E-state index is 0.0362. The summed E-state index contributed by atoms with van der Waals surface area (Å²) in [5.74, 6) is -1.27. The molecule has 2 amide bonds. The predicted octanol–water partition coefficient (Wildman–Crippen LogP) is 2.41. The highest BCUT2D eigenvalue weighted by molar-refractivity contribution is 6.39. The molecular weight excluding hydrogens is 318 g/mol. The molecule has 1 heterocycles. The van der Waals surface area contributed by atoms with Crippen LogP contribution >= 0.6 is 0 Å². The maximum Gasteiger partial charge on any atom is 0.313 e. The quantitative estimate of drug-likeness (QED) is 0.746. The van der Waals surface area contributed by atoms with Gasteiger partial charge in [0.1, 0.15) is 0 Å². The first-order chi connectivity index (χ1) is 12.1. The monoisotopic (exact) mass is 343 g/mol. The summed E-state index contributed by atoms with van der Waals surface area (Å²) < 4.78 is 2.14. The van der Waals surface area contributed by atoms with Crippen LogP contribution in [-0.4, -0.2) is 33.6 Å². The minimum Gasteiger partial charge on any atom is -0.393 e. The number of carbonyl (C=O) groups is 2. The van der Waals surface area contributed by atoms with E-state index in [0.717, 1.165) is 23.9 Å². The molecule has 1 aromatic heterocycles. The van der Waals surface area contributed by atoms with Crippen molar-refractivity contribution in [3.8, 4) is 0 Å². The summed E-state index contributed by atoms with van der Waals surface area (Å²) in [4.78, 5) is 24.2. The second-order valence-electron chi connectivity index (χ2n) is 6.72. The normalized spacial score (nSPS) is 20.4. The summed E-state index contributed by atoms with van der Waals surface area (Å²) in [5, 5.41) is 16.0. The van der Waals surface area contributed by atoms with Gasteiger partial charge in [-0.1, -0.05) is 13.0 Å². The first-order valence-electron chi connectivity index (χ1n) is 8.95. The fraction of sp³-hybridized carbons (Fsp3) is 0.474. The number of aryl methyl sites for hydroxylation is 1. The Labute approximate surface area is 147 Å². The topological polar surface area (TPSA) is 83.4 Å². The van der Waals surface area contributed by atoms with Crippen molar-refractivity contribution in [2.45, 2.75) is 57.7 Å². The van der Waals surface area contributed by atoms with Gasteiger partial charge in [-0.05, 0) is 55.7 Å². The number of benzene rings is 1. The Hall–Kier alpha value is -2.34. The van der Waals surface area contributed by atoms with Crippen molar-refractivity contribution in [3.63, 3.8) is 0 Å². The van der Waals surface area contributed by atoms with Crippen LogP contribution in [-0.2, 0) is 16.1 Å². The van der Waals surface area contributed by atoms with Crippen LogP contribution in [0, 0.1) is 0 Å². The lowest BCUT2D eigenvalue weighted by molar-refractivity contribution is -0.136. The van der Waals surface area contributed by atoms with Crippen molar-refractivity contribution in [1.29, 1.82) is 0 Å². The molecule has 2 aromatic rings. The summed E-state index contributed by atoms with van der Waals surface area (Å²) in [6.07, 6.45) is 5.51. The van der Waals surface area contributed by atoms with Crippen LogP contribution in [0.1, 0.15) is 39.0 Å². The third-order valence-electron chi connectivity index (χ3n) is 4.73. The molecule has 0 aliphatic heterocycles. The van der Waals surface area contributed by atoms with Crippen molar-refractivity contribution in [2.75, 3.05) is 5.32 Å². The summed E-state index contributed by atoms with van der Waals surface area (Å²) in [6, 6.07) is 7.65. The number of aliphatic hydroxyl groups excluding tert-OH is 1. The van der Waals surface area contributed by atoms with Crippen LogP contribution in [0.5, 0.6) is 0 Å². The molecule has 134 valence electrons. The number of aromatic nitrogens is 1. The maximum atomic E-state index is 12.2. The van der Waals surface area contributed by atoms with Gasteiger partial charge >= 0.3 is 11.8 Å². The van der Waals surface area contributed by atoms with Gasteiger partial charge in [-0.15, -0.1) is 0 Å². The number of nitrogens with one attached hydrogen (secondary N) is 2. The Morgan fingerprint density at radius 3 is 2.64 bits per heavy atom. The zero-order chi connectivity index (χ0) is 17.8. The lowest BCUT2D eigenvalue weighted by Crippen LogP contribution is -2.43. The molecule has 0 saturated heterocycles. The molecule has 1 aliphatic rings. The molecule has 3 N–H and O–H groups in total. The van der Waals surface area contributed by atoms with Gasteiger partial charge in [0.05, 0.1) is 11.6 Å². The van der Waals surface area contributed by atoms with Crippen LogP contribution < -0.4 is 10.6 Å². The molecule has 0 unspecified atom stereocenters. The van der Waals surface area contributed by atoms with E-state index >= 15 is 0 Å². The predicted molar refractivity (Wildman–Crippen MR) is 97.3 cm³/mol. The number of aliphatic hydroxyl groups is 1. The molecule has 0 radical (unpaired) electrons. The Bertz CT molecular complexity index is 760. The smallest absolute Gasteiger partial charge is 0.313 e. The summed E-state index contributed by atoms with van der Waals surface area (Å²) in [6.45, 7) is 3.03. The second kappa shape index (κ2) is 7.70. The standard InChI is InChI=1S/C19H25N3O3/c1-2-10-22-11-9-13-3-4-15(12-17(13)22)21-19(25)18(24)20-14-5-7-16(23)8-6-14/h3-4,9,11-12,14,16,23H,2,5-8,10H2,1H3,(H,20,24)(H,21,25). The molecule has 0 atom stereocenters. The number of hydrogen-bond donors (Lipinski definition) is 3. The first kappa shape index (κ1) is 17.5. The highest BCUT2D eigenvalue weighted by Crippen LogP contribution is 2.21. The molecule has 3 rings (SSSR count). The third kappa shape index (κ3) is 4.20. The fourth-order valence-electron chi connectivity index (χ4n) is 3.36. The molecule has 6 heteroatoms. The van der Waals surface area contributed by atoms with Gasteiger partial charge in [-0.2, -0.15) is 0 Å². The number of rotatable bonds is 4. The largest absolute Gasteiger partial charge is 0.393 e. The number of carbonyl (C=O) groups excluding carboxylic acids is 2. The lowest BCUT2D eigenvalue weighted by Gasteiger charge is -2.25. The van der Waals surface area contributed by atoms with Crippen LogP contribution in [0.4, 0.5) is 5.69 Å². The van der Waals surface area contributed by atoms with Crippen LogP contribution in [0.25, 0.3) is 10.9 Å². The molecule has 1 aromatic carbocycles. The first-order valence-corrected chi connectivity index (χ1v) is 8.95. The van der Waals surface area contributed by atoms with E-state index in [2.05, 4.69) is 22.1 Å². The van der Waals surface area contributed by atoms with E-state index in [1.807, 2.05) is 24.4 Å². The van der Waals surface area contributed by atoms with Crippen molar-refractivity contribution in [3.05, 3.63) is 30.5 Å². The Morgan fingerprint density at radius 1 is 1.16 bits per heavy atom. The average molecular weight is 343 g/mol. The molecule has 1 aliphatic carbocycles. The number of amides is 2. The van der Waals surface area contributed by atoms with E-state index in [0.29, 0.717) is 31.4 Å². The van der Waals surface area contributed by atoms with Gasteiger partial charge in [0, 0.05) is 24.5 Å². The van der Waals surface area contributed by atoms with E-state index in [-0.39, 0.29) is 12.1 Å². The minimum atomic E-state index is -0.654. The SMILES string of the molecule is CCCn1ccc2ccc(NC(=O)C(=O)NC3CCC(O)CC3)cc21. The molecule has 0 spiro atoms. The Kier molecular flexibility index (Phi) is 5.38. The van der Waals surface area contributed by atoms with E-state index < -0.39 is 11.8 Å². The van der Waals surface area contributed by atoms with Crippen molar-refractivity contribution < 1.29 is 14.7 Å². The molecule has 0 bridgehead atoms. The number of anilines is 1. The highest BCUT2D eigenvalue weighted by Gasteiger charge is 2.23. The van der Waals surface area contributed by atoms with Gasteiger partial charge in [-0.3, -0.25) is 9.59 Å². The van der Waals surface area contributed by atoms with Crippen LogP contribution in [0.3, 0.4) is 0 Å². The second-order valence-corrected chi connectivity index (χ2v) is 6.72. The van der Waals surface area contributed by atoms with Crippen molar-refractivity contribution >= 4 is 28.4 Å². The van der Waals surface area contributed by atoms with E-state index in [1.54, 1.807) is 6.07 Å². The molecular formula is C19H25N3O3. The number of nitrogens with zero attached hydrogens (tertiary/aromatic N) is 1. The zero-order valence-corrected chi connectivity index (χ0v) is 14.5. The third-order valence-corrected chi connectivity index (χ3v) is 4.73. The van der Waals surface area contributed by atoms with E-state index in [4.69, 9.17) is 0 Å². The van der Waals surface area contributed by atoms with E-state index in [1.165, 1.54) is 0 Å². The average Bonchev–Trinajstić information content (AvgIpc) is 3.00. The van der Waals surface area contributed by atoms with Crippen molar-refractivity contribution in [2.24, 2.45) is 0 Å². The lowest BCUT2D eigenvalue weighted by atomic mass is 9.93. The molecule has 1 saturated carbocycles. The zero-order valence-electron chi connectivity index (χ0n) is 14.5. The fourth-order valence-corrected chi connectivity index (χ4v) is 3.36. The number of fused-ring (bicyclic) bond motifs is 1. The summed E-state index contributed by atoms with van der Waals surface area (Å²) in [7, 11) is 0. The van der Waals surface area contributed by atoms with Gasteiger partial charge in [-0.25, -0.2) is 0 Å².